The first-order chi connectivity index (χ1) is 16.1. The number of aromatic nitrogens is 2. The highest BCUT2D eigenvalue weighted by molar-refractivity contribution is 7.99. The van der Waals surface area contributed by atoms with Crippen molar-refractivity contribution in [3.05, 3.63) is 96.2 Å². The molecule has 0 bridgehead atoms. The van der Waals surface area contributed by atoms with Crippen LogP contribution >= 0.6 is 11.8 Å². The van der Waals surface area contributed by atoms with Crippen molar-refractivity contribution < 1.29 is 18.7 Å². The minimum Gasteiger partial charge on any atom is -0.486 e. The molecule has 0 radical (unpaired) electrons. The first-order valence-electron chi connectivity index (χ1n) is 10.2. The van der Waals surface area contributed by atoms with E-state index in [1.807, 2.05) is 72.3 Å². The minimum absolute atomic E-state index is 0.0738. The van der Waals surface area contributed by atoms with Crippen molar-refractivity contribution in [3.8, 4) is 11.4 Å². The summed E-state index contributed by atoms with van der Waals surface area (Å²) in [5.41, 5.74) is 6.85. The molecule has 4 rings (SSSR count). The Morgan fingerprint density at radius 2 is 1.82 bits per heavy atom. The van der Waals surface area contributed by atoms with Crippen LogP contribution in [0.15, 0.2) is 88.7 Å². The summed E-state index contributed by atoms with van der Waals surface area (Å²) >= 11 is 1.27. The van der Waals surface area contributed by atoms with Crippen LogP contribution in [0.25, 0.3) is 5.69 Å². The van der Waals surface area contributed by atoms with Crippen LogP contribution in [-0.2, 0) is 11.4 Å². The van der Waals surface area contributed by atoms with Gasteiger partial charge in [-0.2, -0.15) is 0 Å². The number of hydrogen-bond acceptors (Lipinski definition) is 6. The van der Waals surface area contributed by atoms with Crippen LogP contribution in [-0.4, -0.2) is 27.1 Å². The molecule has 0 unspecified atom stereocenters. The predicted octanol–water partition coefficient (Wildman–Crippen LogP) is 3.91. The molecule has 0 saturated carbocycles. The summed E-state index contributed by atoms with van der Waals surface area (Å²) in [6, 6.07) is 20.4. The summed E-state index contributed by atoms with van der Waals surface area (Å²) in [6.45, 7) is 2.20. The number of benzene rings is 2. The van der Waals surface area contributed by atoms with E-state index in [4.69, 9.17) is 9.15 Å². The van der Waals surface area contributed by atoms with Gasteiger partial charge in [-0.05, 0) is 42.8 Å². The molecule has 2 aromatic heterocycles. The zero-order valence-electron chi connectivity index (χ0n) is 17.9. The lowest BCUT2D eigenvalue weighted by atomic mass is 10.2. The molecule has 0 saturated heterocycles. The lowest BCUT2D eigenvalue weighted by Crippen LogP contribution is -2.42. The molecule has 168 valence electrons. The monoisotopic (exact) mass is 462 g/mol. The average molecular weight is 463 g/mol. The molecule has 0 fully saturated rings. The number of hydrazine groups is 1. The SMILES string of the molecule is Cc1ccccc1-n1ccnc1SCC(=O)NNC(=O)c1ccc(COc2ccccc2)o1. The number of aryl methyl sites for hydroxylation is 1. The number of nitrogens with one attached hydrogen (secondary N) is 2. The van der Waals surface area contributed by atoms with E-state index < -0.39 is 5.91 Å². The third-order valence-corrected chi connectivity index (χ3v) is 5.61. The van der Waals surface area contributed by atoms with E-state index in [0.29, 0.717) is 16.7 Å². The van der Waals surface area contributed by atoms with Gasteiger partial charge in [-0.3, -0.25) is 25.0 Å². The van der Waals surface area contributed by atoms with Crippen LogP contribution in [0.4, 0.5) is 0 Å². The topological polar surface area (TPSA) is 98.4 Å². The largest absolute Gasteiger partial charge is 0.486 e. The molecule has 0 spiro atoms. The van der Waals surface area contributed by atoms with Crippen molar-refractivity contribution in [2.24, 2.45) is 0 Å². The summed E-state index contributed by atoms with van der Waals surface area (Å²) in [7, 11) is 0. The van der Waals surface area contributed by atoms with Gasteiger partial charge in [0.05, 0.1) is 11.4 Å². The molecule has 0 aliphatic heterocycles. The summed E-state index contributed by atoms with van der Waals surface area (Å²) in [5, 5.41) is 0.680. The number of furan rings is 1. The average Bonchev–Trinajstić information content (AvgIpc) is 3.51. The van der Waals surface area contributed by atoms with Gasteiger partial charge in [0.15, 0.2) is 10.9 Å². The Kier molecular flexibility index (Phi) is 7.11. The van der Waals surface area contributed by atoms with E-state index >= 15 is 0 Å². The van der Waals surface area contributed by atoms with Gasteiger partial charge in [0.25, 0.3) is 0 Å². The summed E-state index contributed by atoms with van der Waals surface area (Å²) in [6.07, 6.45) is 3.53. The third kappa shape index (κ3) is 5.83. The first-order valence-corrected chi connectivity index (χ1v) is 11.2. The standard InChI is InChI=1S/C24H22N4O4S/c1-17-7-5-6-10-20(17)28-14-13-25-24(28)33-16-22(29)26-27-23(30)21-12-11-19(32-21)15-31-18-8-3-2-4-9-18/h2-14H,15-16H2,1H3,(H,26,29)(H,27,30). The summed E-state index contributed by atoms with van der Waals surface area (Å²) in [5.74, 6) is 0.427. The Morgan fingerprint density at radius 3 is 2.64 bits per heavy atom. The lowest BCUT2D eigenvalue weighted by Gasteiger charge is -2.10. The number of carbonyl (C=O) groups is 2. The Morgan fingerprint density at radius 1 is 1.03 bits per heavy atom. The number of carbonyl (C=O) groups excluding carboxylic acids is 2. The maximum atomic E-state index is 12.3. The maximum Gasteiger partial charge on any atom is 0.305 e. The second-order valence-corrected chi connectivity index (χ2v) is 7.97. The molecule has 2 amide bonds. The van der Waals surface area contributed by atoms with Gasteiger partial charge >= 0.3 is 5.91 Å². The van der Waals surface area contributed by atoms with Gasteiger partial charge in [0.1, 0.15) is 18.1 Å². The van der Waals surface area contributed by atoms with Gasteiger partial charge in [-0.15, -0.1) is 0 Å². The molecule has 2 aromatic carbocycles. The van der Waals surface area contributed by atoms with Gasteiger partial charge in [0.2, 0.25) is 5.91 Å². The number of ether oxygens (including phenoxy) is 1. The molecule has 8 nitrogen and oxygen atoms in total. The fourth-order valence-electron chi connectivity index (χ4n) is 3.02. The number of nitrogens with zero attached hydrogens (tertiary/aromatic N) is 2. The summed E-state index contributed by atoms with van der Waals surface area (Å²) < 4.78 is 13.0. The van der Waals surface area contributed by atoms with E-state index in [1.165, 1.54) is 17.8 Å². The Bertz CT molecular complexity index is 1240. The lowest BCUT2D eigenvalue weighted by molar-refractivity contribution is -0.119. The molecule has 33 heavy (non-hydrogen) atoms. The normalized spacial score (nSPS) is 10.6. The number of para-hydroxylation sites is 2. The molecule has 0 aliphatic carbocycles. The number of rotatable bonds is 8. The van der Waals surface area contributed by atoms with Crippen LogP contribution in [0.2, 0.25) is 0 Å². The molecule has 2 heterocycles. The smallest absolute Gasteiger partial charge is 0.305 e. The summed E-state index contributed by atoms with van der Waals surface area (Å²) in [4.78, 5) is 28.8. The zero-order valence-corrected chi connectivity index (χ0v) is 18.7. The molecule has 4 aromatic rings. The maximum absolute atomic E-state index is 12.3. The Balaban J connectivity index is 1.25. The quantitative estimate of drug-likeness (QED) is 0.304. The van der Waals surface area contributed by atoms with Gasteiger partial charge < -0.3 is 9.15 Å². The predicted molar refractivity (Wildman–Crippen MR) is 124 cm³/mol. The van der Waals surface area contributed by atoms with Crippen LogP contribution < -0.4 is 15.6 Å². The molecule has 9 heteroatoms. The van der Waals surface area contributed by atoms with Crippen molar-refractivity contribution in [1.29, 1.82) is 0 Å². The van der Waals surface area contributed by atoms with Gasteiger partial charge in [0, 0.05) is 12.4 Å². The molecule has 0 aliphatic rings. The number of imidazole rings is 1. The van der Waals surface area contributed by atoms with E-state index in [0.717, 1.165) is 11.3 Å². The van der Waals surface area contributed by atoms with Crippen molar-refractivity contribution in [1.82, 2.24) is 20.4 Å². The highest BCUT2D eigenvalue weighted by atomic mass is 32.2. The number of amides is 2. The molecular weight excluding hydrogens is 440 g/mol. The molecule has 2 N–H and O–H groups in total. The van der Waals surface area contributed by atoms with E-state index in [-0.39, 0.29) is 24.0 Å². The van der Waals surface area contributed by atoms with Crippen molar-refractivity contribution in [2.75, 3.05) is 5.75 Å². The number of hydrogen-bond donors (Lipinski definition) is 2. The molecular formula is C24H22N4O4S. The highest BCUT2D eigenvalue weighted by Crippen LogP contribution is 2.22. The van der Waals surface area contributed by atoms with E-state index in [1.54, 1.807) is 12.3 Å². The highest BCUT2D eigenvalue weighted by Gasteiger charge is 2.14. The zero-order chi connectivity index (χ0) is 23.0. The van der Waals surface area contributed by atoms with Gasteiger partial charge in [-0.25, -0.2) is 4.98 Å². The minimum atomic E-state index is -0.555. The van der Waals surface area contributed by atoms with E-state index in [2.05, 4.69) is 15.8 Å². The van der Waals surface area contributed by atoms with Crippen molar-refractivity contribution in [3.63, 3.8) is 0 Å². The Hall–Kier alpha value is -3.98. The fraction of sp³-hybridized carbons (Fsp3) is 0.125. The first kappa shape index (κ1) is 22.2. The van der Waals surface area contributed by atoms with E-state index in [9.17, 15) is 9.59 Å². The van der Waals surface area contributed by atoms with Gasteiger partial charge in [-0.1, -0.05) is 48.2 Å². The van der Waals surface area contributed by atoms with Crippen LogP contribution in [0, 0.1) is 6.92 Å². The van der Waals surface area contributed by atoms with Crippen molar-refractivity contribution in [2.45, 2.75) is 18.7 Å². The molecule has 0 atom stereocenters. The third-order valence-electron chi connectivity index (χ3n) is 4.64. The fourth-order valence-corrected chi connectivity index (χ4v) is 3.78. The van der Waals surface area contributed by atoms with Crippen LogP contribution in [0.1, 0.15) is 21.9 Å². The van der Waals surface area contributed by atoms with Crippen LogP contribution in [0.3, 0.4) is 0 Å². The second kappa shape index (κ2) is 10.6. The number of thioether (sulfide) groups is 1. The van der Waals surface area contributed by atoms with Crippen LogP contribution in [0.5, 0.6) is 5.75 Å². The second-order valence-electron chi connectivity index (χ2n) is 7.02. The Labute approximate surface area is 194 Å². The van der Waals surface area contributed by atoms with Crippen molar-refractivity contribution >= 4 is 23.6 Å².